The zero-order valence-corrected chi connectivity index (χ0v) is 22.9. The van der Waals surface area contributed by atoms with Gasteiger partial charge in [-0.15, -0.1) is 0 Å². The fourth-order valence-electron chi connectivity index (χ4n) is 4.30. The van der Waals surface area contributed by atoms with Crippen molar-refractivity contribution in [2.24, 2.45) is 0 Å². The molecule has 6 nitrogen and oxygen atoms in total. The molecule has 0 saturated heterocycles. The number of phenolic OH excluding ortho intramolecular Hbond substituents is 2. The lowest BCUT2D eigenvalue weighted by atomic mass is 9.98. The average molecular weight is 555 g/mol. The number of hydrogen-bond acceptors (Lipinski definition) is 6. The molecule has 2 heterocycles. The van der Waals surface area contributed by atoms with Crippen LogP contribution in [-0.4, -0.2) is 10.2 Å². The van der Waals surface area contributed by atoms with Crippen LogP contribution in [0.2, 0.25) is 5.02 Å². The molecule has 0 aliphatic heterocycles. The van der Waals surface area contributed by atoms with Crippen molar-refractivity contribution in [3.63, 3.8) is 0 Å². The number of fused-ring (bicyclic) bond motifs is 2. The quantitative estimate of drug-likeness (QED) is 0.209. The first-order valence-corrected chi connectivity index (χ1v) is 13.0. The van der Waals surface area contributed by atoms with E-state index < -0.39 is 11.3 Å². The maximum atomic E-state index is 11.7. The molecule has 202 valence electrons. The normalized spacial score (nSPS) is 10.4. The minimum Gasteiger partial charge on any atom is -0.508 e. The van der Waals surface area contributed by atoms with Gasteiger partial charge in [0, 0.05) is 56.8 Å². The van der Waals surface area contributed by atoms with Crippen LogP contribution in [0.1, 0.15) is 19.4 Å². The highest BCUT2D eigenvalue weighted by molar-refractivity contribution is 6.33. The molecule has 0 radical (unpaired) electrons. The van der Waals surface area contributed by atoms with Crippen molar-refractivity contribution < 1.29 is 19.0 Å². The molecule has 0 aliphatic rings. The van der Waals surface area contributed by atoms with E-state index in [2.05, 4.69) is 0 Å². The van der Waals surface area contributed by atoms with Crippen molar-refractivity contribution in [3.8, 4) is 33.8 Å². The van der Waals surface area contributed by atoms with Gasteiger partial charge in [-0.3, -0.25) is 0 Å². The molecule has 4 aromatic carbocycles. The standard InChI is InChI=1S/C16H12O3.C15H9ClO3.C2H6/c1-10-4-2-3-5-12(10)14-9-16(18)19-15-8-11(17)6-7-13(14)15;16-13-4-2-1-3-10(13)12-8-15(18)19-14-7-9(17)5-6-11(12)14;1-2/h2-9,17H,1H3;1-8,17H;1-2H3. The molecule has 6 rings (SSSR count). The predicted molar refractivity (Wildman–Crippen MR) is 160 cm³/mol. The van der Waals surface area contributed by atoms with Gasteiger partial charge in [0.1, 0.15) is 22.7 Å². The minimum atomic E-state index is -0.479. The van der Waals surface area contributed by atoms with Crippen LogP contribution >= 0.6 is 11.6 Å². The third kappa shape index (κ3) is 6.08. The lowest BCUT2D eigenvalue weighted by Gasteiger charge is -2.08. The Kier molecular flexibility index (Phi) is 8.72. The summed E-state index contributed by atoms with van der Waals surface area (Å²) in [7, 11) is 0. The van der Waals surface area contributed by atoms with Crippen LogP contribution in [0, 0.1) is 6.92 Å². The first kappa shape index (κ1) is 28.2. The van der Waals surface area contributed by atoms with E-state index in [9.17, 15) is 19.8 Å². The highest BCUT2D eigenvalue weighted by Gasteiger charge is 2.11. The maximum Gasteiger partial charge on any atom is 0.336 e. The molecular weight excluding hydrogens is 528 g/mol. The van der Waals surface area contributed by atoms with Gasteiger partial charge in [-0.05, 0) is 48.4 Å². The summed E-state index contributed by atoms with van der Waals surface area (Å²) in [5.74, 6) is 0.129. The van der Waals surface area contributed by atoms with Crippen molar-refractivity contribution in [1.29, 1.82) is 0 Å². The third-order valence-corrected chi connectivity index (χ3v) is 6.39. The van der Waals surface area contributed by atoms with E-state index in [-0.39, 0.29) is 11.5 Å². The molecule has 0 saturated carbocycles. The molecule has 0 spiro atoms. The summed E-state index contributed by atoms with van der Waals surface area (Å²) in [6.07, 6.45) is 0. The summed E-state index contributed by atoms with van der Waals surface area (Å²) in [5.41, 5.74) is 4.18. The van der Waals surface area contributed by atoms with E-state index in [1.54, 1.807) is 30.3 Å². The molecule has 40 heavy (non-hydrogen) atoms. The zero-order chi connectivity index (χ0) is 28.8. The summed E-state index contributed by atoms with van der Waals surface area (Å²) >= 11 is 6.16. The second-order valence-corrected chi connectivity index (χ2v) is 9.02. The number of aromatic hydroxyl groups is 2. The Labute approximate surface area is 235 Å². The van der Waals surface area contributed by atoms with Crippen LogP contribution in [0.4, 0.5) is 0 Å². The van der Waals surface area contributed by atoms with Crippen LogP contribution < -0.4 is 11.3 Å². The van der Waals surface area contributed by atoms with Gasteiger partial charge >= 0.3 is 11.3 Å². The molecule has 0 unspecified atom stereocenters. The Morgan fingerprint density at radius 3 is 1.52 bits per heavy atom. The highest BCUT2D eigenvalue weighted by Crippen LogP contribution is 2.34. The van der Waals surface area contributed by atoms with E-state index in [1.165, 1.54) is 24.3 Å². The van der Waals surface area contributed by atoms with Gasteiger partial charge in [0.25, 0.3) is 0 Å². The lowest BCUT2D eigenvalue weighted by molar-refractivity contribution is 0.472. The summed E-state index contributed by atoms with van der Waals surface area (Å²) in [5, 5.41) is 21.0. The molecule has 0 aliphatic carbocycles. The van der Waals surface area contributed by atoms with Gasteiger partial charge in [0.05, 0.1) is 0 Å². The number of aryl methyl sites for hydroxylation is 1. The molecule has 7 heteroatoms. The highest BCUT2D eigenvalue weighted by atomic mass is 35.5. The Bertz CT molecular complexity index is 1780. The second-order valence-electron chi connectivity index (χ2n) is 8.61. The van der Waals surface area contributed by atoms with Crippen LogP contribution in [0.15, 0.2) is 115 Å². The maximum absolute atomic E-state index is 11.7. The molecule has 6 aromatic rings. The molecule has 0 atom stereocenters. The average Bonchev–Trinajstić information content (AvgIpc) is 2.94. The van der Waals surface area contributed by atoms with Gasteiger partial charge < -0.3 is 19.0 Å². The summed E-state index contributed by atoms with van der Waals surface area (Å²) in [4.78, 5) is 23.3. The summed E-state index contributed by atoms with van der Waals surface area (Å²) < 4.78 is 10.2. The predicted octanol–water partition coefficient (Wildman–Crippen LogP) is 8.32. The van der Waals surface area contributed by atoms with Gasteiger partial charge in [-0.1, -0.05) is 67.9 Å². The van der Waals surface area contributed by atoms with Crippen LogP contribution in [0.25, 0.3) is 44.2 Å². The topological polar surface area (TPSA) is 101 Å². The first-order valence-electron chi connectivity index (χ1n) is 12.6. The fourth-order valence-corrected chi connectivity index (χ4v) is 4.54. The molecular formula is C33H27ClO6. The number of phenols is 2. The SMILES string of the molecule is CC.Cc1ccccc1-c1cc(=O)oc2cc(O)ccc12.O=c1cc(-c2ccccc2Cl)c2ccc(O)cc2o1. The van der Waals surface area contributed by atoms with Gasteiger partial charge in [0.2, 0.25) is 0 Å². The minimum absolute atomic E-state index is 0.0481. The monoisotopic (exact) mass is 554 g/mol. The fraction of sp³-hybridized carbons (Fsp3) is 0.0909. The van der Waals surface area contributed by atoms with Gasteiger partial charge in [0.15, 0.2) is 0 Å². The molecule has 0 amide bonds. The largest absolute Gasteiger partial charge is 0.508 e. The summed E-state index contributed by atoms with van der Waals surface area (Å²) in [6, 6.07) is 27.5. The number of hydrogen-bond donors (Lipinski definition) is 2. The Hall–Kier alpha value is -4.81. The van der Waals surface area contributed by atoms with Crippen LogP contribution in [0.3, 0.4) is 0 Å². The van der Waals surface area contributed by atoms with Crippen LogP contribution in [0.5, 0.6) is 11.5 Å². The Balaban J connectivity index is 0.000000174. The van der Waals surface area contributed by atoms with E-state index in [4.69, 9.17) is 20.4 Å². The van der Waals surface area contributed by atoms with Crippen molar-refractivity contribution in [3.05, 3.63) is 128 Å². The Morgan fingerprint density at radius 1 is 0.575 bits per heavy atom. The van der Waals surface area contributed by atoms with Gasteiger partial charge in [-0.25, -0.2) is 9.59 Å². The third-order valence-electron chi connectivity index (χ3n) is 6.06. The van der Waals surface area contributed by atoms with Gasteiger partial charge in [-0.2, -0.15) is 0 Å². The van der Waals surface area contributed by atoms with Crippen molar-refractivity contribution in [1.82, 2.24) is 0 Å². The number of halogens is 1. The number of rotatable bonds is 2. The van der Waals surface area contributed by atoms with E-state index in [1.807, 2.05) is 63.2 Å². The van der Waals surface area contributed by atoms with Crippen molar-refractivity contribution in [2.75, 3.05) is 0 Å². The Morgan fingerprint density at radius 2 is 1.02 bits per heavy atom. The van der Waals surface area contributed by atoms with Crippen LogP contribution in [-0.2, 0) is 0 Å². The lowest BCUT2D eigenvalue weighted by Crippen LogP contribution is -1.98. The molecule has 2 N–H and O–H groups in total. The number of benzene rings is 4. The molecule has 2 aromatic heterocycles. The van der Waals surface area contributed by atoms with E-state index >= 15 is 0 Å². The molecule has 0 bridgehead atoms. The molecule has 0 fully saturated rings. The second kappa shape index (κ2) is 12.4. The first-order chi connectivity index (χ1) is 19.3. The van der Waals surface area contributed by atoms with E-state index in [0.29, 0.717) is 21.8 Å². The van der Waals surface area contributed by atoms with Crippen molar-refractivity contribution >= 4 is 33.5 Å². The summed E-state index contributed by atoms with van der Waals surface area (Å²) in [6.45, 7) is 6.00. The zero-order valence-electron chi connectivity index (χ0n) is 22.1. The smallest absolute Gasteiger partial charge is 0.336 e. The van der Waals surface area contributed by atoms with Crippen molar-refractivity contribution in [2.45, 2.75) is 20.8 Å². The van der Waals surface area contributed by atoms with E-state index in [0.717, 1.165) is 33.0 Å².